The highest BCUT2D eigenvalue weighted by molar-refractivity contribution is 7.92. The van der Waals surface area contributed by atoms with Gasteiger partial charge in [-0.3, -0.25) is 9.59 Å². The first-order chi connectivity index (χ1) is 15.1. The summed E-state index contributed by atoms with van der Waals surface area (Å²) in [5.41, 5.74) is 2.79. The normalized spacial score (nSPS) is 13.6. The summed E-state index contributed by atoms with van der Waals surface area (Å²) in [5, 5.41) is 12.8. The topological polar surface area (TPSA) is 105 Å². The molecule has 0 bridgehead atoms. The van der Waals surface area contributed by atoms with Gasteiger partial charge in [0, 0.05) is 38.0 Å². The number of hydrogen-bond donors (Lipinski definition) is 2. The van der Waals surface area contributed by atoms with Crippen LogP contribution in [-0.4, -0.2) is 48.7 Å². The quantitative estimate of drug-likeness (QED) is 0.540. The lowest BCUT2D eigenvalue weighted by Gasteiger charge is -2.26. The molecule has 3 aromatic rings. The van der Waals surface area contributed by atoms with Gasteiger partial charge in [0.15, 0.2) is 9.84 Å². The summed E-state index contributed by atoms with van der Waals surface area (Å²) >= 11 is 0. The second-order valence-electron chi connectivity index (χ2n) is 8.12. The number of aliphatic hydroxyl groups excluding tert-OH is 1. The predicted molar refractivity (Wildman–Crippen MR) is 126 cm³/mol. The lowest BCUT2D eigenvalue weighted by Crippen LogP contribution is -2.49. The molecule has 2 aromatic carbocycles. The lowest BCUT2D eigenvalue weighted by atomic mass is 10.0. The second-order valence-corrected chi connectivity index (χ2v) is 10.6. The Kier molecular flexibility index (Phi) is 6.85. The van der Waals surface area contributed by atoms with Crippen LogP contribution in [0.1, 0.15) is 18.9 Å². The summed E-state index contributed by atoms with van der Waals surface area (Å²) in [6.07, 6.45) is 3.25. The third kappa shape index (κ3) is 4.61. The number of aliphatic hydroxyl groups is 1. The number of sulfone groups is 1. The molecule has 0 aliphatic rings. The number of carbonyl (C=O) groups is 1. The van der Waals surface area contributed by atoms with Gasteiger partial charge in [-0.25, -0.2) is 8.42 Å². The first kappa shape index (κ1) is 23.7. The van der Waals surface area contributed by atoms with Crippen LogP contribution in [0.25, 0.3) is 21.9 Å². The van der Waals surface area contributed by atoms with Gasteiger partial charge in [0.25, 0.3) is 5.56 Å². The zero-order chi connectivity index (χ0) is 23.5. The minimum absolute atomic E-state index is 0.0187. The Balaban J connectivity index is 1.90. The number of nitrogens with zero attached hydrogens (tertiary/aromatic N) is 1. The third-order valence-corrected chi connectivity index (χ3v) is 8.05. The van der Waals surface area contributed by atoms with E-state index >= 15 is 0 Å². The van der Waals surface area contributed by atoms with Crippen molar-refractivity contribution in [2.75, 3.05) is 19.9 Å². The Labute approximate surface area is 187 Å². The lowest BCUT2D eigenvalue weighted by molar-refractivity contribution is -0.123. The highest BCUT2D eigenvalue weighted by atomic mass is 32.2. The van der Waals surface area contributed by atoms with E-state index in [0.29, 0.717) is 11.8 Å². The van der Waals surface area contributed by atoms with Crippen LogP contribution < -0.4 is 10.9 Å². The van der Waals surface area contributed by atoms with E-state index in [-0.39, 0.29) is 25.1 Å². The highest BCUT2D eigenvalue weighted by Crippen LogP contribution is 2.25. The van der Waals surface area contributed by atoms with Crippen LogP contribution in [0.3, 0.4) is 0 Å². The van der Waals surface area contributed by atoms with E-state index in [9.17, 15) is 18.0 Å². The Hall–Kier alpha value is -2.97. The molecule has 2 N–H and O–H groups in total. The van der Waals surface area contributed by atoms with Crippen LogP contribution in [0.15, 0.2) is 59.5 Å². The number of benzene rings is 2. The second kappa shape index (κ2) is 9.26. The number of rotatable bonds is 8. The highest BCUT2D eigenvalue weighted by Gasteiger charge is 2.42. The van der Waals surface area contributed by atoms with Gasteiger partial charge in [0.05, 0.1) is 0 Å². The number of aromatic nitrogens is 1. The van der Waals surface area contributed by atoms with Crippen molar-refractivity contribution in [3.63, 3.8) is 0 Å². The van der Waals surface area contributed by atoms with Gasteiger partial charge in [0.1, 0.15) is 4.75 Å². The van der Waals surface area contributed by atoms with Crippen LogP contribution in [0.4, 0.5) is 0 Å². The van der Waals surface area contributed by atoms with Crippen molar-refractivity contribution >= 4 is 26.5 Å². The zero-order valence-corrected chi connectivity index (χ0v) is 19.3. The first-order valence-corrected chi connectivity index (χ1v) is 12.2. The van der Waals surface area contributed by atoms with Crippen LogP contribution in [0, 0.1) is 0 Å². The van der Waals surface area contributed by atoms with Crippen molar-refractivity contribution in [2.45, 2.75) is 31.1 Å². The molecule has 0 saturated carbocycles. The summed E-state index contributed by atoms with van der Waals surface area (Å²) < 4.78 is 24.3. The molecule has 32 heavy (non-hydrogen) atoms. The minimum Gasteiger partial charge on any atom is -0.396 e. The molecule has 0 fully saturated rings. The number of nitrogens with one attached hydrogen (secondary N) is 1. The molecule has 1 heterocycles. The number of hydrogen-bond acceptors (Lipinski definition) is 5. The Morgan fingerprint density at radius 3 is 2.34 bits per heavy atom. The van der Waals surface area contributed by atoms with Crippen molar-refractivity contribution in [1.29, 1.82) is 0 Å². The van der Waals surface area contributed by atoms with E-state index in [4.69, 9.17) is 5.11 Å². The van der Waals surface area contributed by atoms with Gasteiger partial charge < -0.3 is 15.0 Å². The summed E-state index contributed by atoms with van der Waals surface area (Å²) in [6.45, 7) is 1.58. The van der Waals surface area contributed by atoms with E-state index in [1.54, 1.807) is 12.3 Å². The summed E-state index contributed by atoms with van der Waals surface area (Å²) in [7, 11) is -2.29. The molecule has 0 radical (unpaired) electrons. The monoisotopic (exact) mass is 456 g/mol. The minimum atomic E-state index is -3.69. The van der Waals surface area contributed by atoms with Crippen LogP contribution in [-0.2, 0) is 27.6 Å². The van der Waals surface area contributed by atoms with Crippen molar-refractivity contribution in [3.8, 4) is 11.1 Å². The van der Waals surface area contributed by atoms with Crippen molar-refractivity contribution in [3.05, 3.63) is 70.6 Å². The van der Waals surface area contributed by atoms with Crippen molar-refractivity contribution < 1.29 is 18.3 Å². The Bertz CT molecular complexity index is 1300. The van der Waals surface area contributed by atoms with Crippen molar-refractivity contribution in [2.24, 2.45) is 0 Å². The van der Waals surface area contributed by atoms with Gasteiger partial charge in [0.2, 0.25) is 5.91 Å². The van der Waals surface area contributed by atoms with Crippen LogP contribution >= 0.6 is 0 Å². The van der Waals surface area contributed by atoms with E-state index in [2.05, 4.69) is 5.32 Å². The molecule has 8 heteroatoms. The molecular weight excluding hydrogens is 428 g/mol. The largest absolute Gasteiger partial charge is 0.396 e. The molecule has 0 aliphatic carbocycles. The average molecular weight is 457 g/mol. The van der Waals surface area contributed by atoms with E-state index in [0.717, 1.165) is 28.3 Å². The maximum atomic E-state index is 13.0. The van der Waals surface area contributed by atoms with Gasteiger partial charge in [-0.15, -0.1) is 0 Å². The fourth-order valence-electron chi connectivity index (χ4n) is 3.70. The summed E-state index contributed by atoms with van der Waals surface area (Å²) in [6, 6.07) is 15.3. The molecule has 1 amide bonds. The van der Waals surface area contributed by atoms with Crippen molar-refractivity contribution in [1.82, 2.24) is 9.88 Å². The smallest absolute Gasteiger partial charge is 0.258 e. The van der Waals surface area contributed by atoms with Gasteiger partial charge in [-0.05, 0) is 60.0 Å². The first-order valence-electron chi connectivity index (χ1n) is 10.4. The fourth-order valence-corrected chi connectivity index (χ4v) is 4.60. The average Bonchev–Trinajstić information content (AvgIpc) is 2.77. The molecule has 0 spiro atoms. The zero-order valence-electron chi connectivity index (χ0n) is 18.5. The summed E-state index contributed by atoms with van der Waals surface area (Å²) in [5.74, 6) is -0.594. The van der Waals surface area contributed by atoms with Gasteiger partial charge in [-0.1, -0.05) is 30.3 Å². The number of amides is 1. The van der Waals surface area contributed by atoms with E-state index < -0.39 is 20.5 Å². The molecule has 1 aromatic heterocycles. The molecule has 170 valence electrons. The van der Waals surface area contributed by atoms with E-state index in [1.165, 1.54) is 18.5 Å². The number of carbonyl (C=O) groups excluding carboxylic acids is 1. The Morgan fingerprint density at radius 1 is 1.09 bits per heavy atom. The number of pyridine rings is 1. The molecule has 0 unspecified atom stereocenters. The van der Waals surface area contributed by atoms with Crippen LogP contribution in [0.2, 0.25) is 0 Å². The maximum absolute atomic E-state index is 13.0. The molecule has 7 nitrogen and oxygen atoms in total. The Morgan fingerprint density at radius 2 is 1.75 bits per heavy atom. The molecule has 1 atom stereocenters. The predicted octanol–water partition coefficient (Wildman–Crippen LogP) is 2.14. The fraction of sp³-hybridized carbons (Fsp3) is 0.333. The standard InChI is InChI=1S/C24H28N2O5S/c1-24(23(29)25-2,32(3,30)31)12-14-26-13-10-20-16-19(8-9-21(20)22(26)28)18-6-4-17(5-7-18)11-15-27/h4-10,13,16,27H,11-12,14-15H2,1-3H3,(H,25,29)/t24-/m1/s1. The van der Waals surface area contributed by atoms with Gasteiger partial charge >= 0.3 is 0 Å². The van der Waals surface area contributed by atoms with Crippen LogP contribution in [0.5, 0.6) is 0 Å². The molecule has 0 aliphatic heterocycles. The molecular formula is C24H28N2O5S. The van der Waals surface area contributed by atoms with E-state index in [1.807, 2.05) is 42.5 Å². The third-order valence-electron chi connectivity index (χ3n) is 6.02. The number of fused-ring (bicyclic) bond motifs is 1. The summed E-state index contributed by atoms with van der Waals surface area (Å²) in [4.78, 5) is 25.2. The maximum Gasteiger partial charge on any atom is 0.258 e. The molecule has 3 rings (SSSR count). The number of aryl methyl sites for hydroxylation is 1. The molecule has 0 saturated heterocycles. The SMILES string of the molecule is CNC(=O)[C@@](C)(CCn1ccc2cc(-c3ccc(CCO)cc3)ccc2c1=O)S(C)(=O)=O. The van der Waals surface area contributed by atoms with Gasteiger partial charge in [-0.2, -0.15) is 0 Å².